The highest BCUT2D eigenvalue weighted by Crippen LogP contribution is 2.31. The van der Waals surface area contributed by atoms with E-state index in [4.69, 9.17) is 0 Å². The molecule has 1 saturated carbocycles. The van der Waals surface area contributed by atoms with E-state index in [0.717, 1.165) is 35.0 Å². The van der Waals surface area contributed by atoms with Gasteiger partial charge in [0.25, 0.3) is 5.91 Å². The van der Waals surface area contributed by atoms with Crippen molar-refractivity contribution >= 4 is 16.8 Å². The van der Waals surface area contributed by atoms with E-state index in [2.05, 4.69) is 4.98 Å². The number of benzene rings is 2. The quantitative estimate of drug-likeness (QED) is 0.704. The van der Waals surface area contributed by atoms with Gasteiger partial charge in [-0.2, -0.15) is 0 Å². The minimum Gasteiger partial charge on any atom is -0.331 e. The Bertz CT molecular complexity index is 932. The van der Waals surface area contributed by atoms with Crippen LogP contribution in [0.3, 0.4) is 0 Å². The molecule has 1 aliphatic carbocycles. The number of para-hydroxylation sites is 1. The summed E-state index contributed by atoms with van der Waals surface area (Å²) in [4.78, 5) is 19.7. The Morgan fingerprint density at radius 2 is 1.88 bits per heavy atom. The third-order valence-electron chi connectivity index (χ3n) is 4.59. The third kappa shape index (κ3) is 3.25. The second-order valence-corrected chi connectivity index (χ2v) is 6.62. The highest BCUT2D eigenvalue weighted by atomic mass is 19.1. The molecule has 126 valence electrons. The van der Waals surface area contributed by atoms with Crippen molar-refractivity contribution in [2.75, 3.05) is 0 Å². The fourth-order valence-electron chi connectivity index (χ4n) is 3.18. The molecule has 0 spiro atoms. The van der Waals surface area contributed by atoms with Gasteiger partial charge in [0.05, 0.1) is 11.1 Å². The van der Waals surface area contributed by atoms with Crippen molar-refractivity contribution in [2.45, 2.75) is 32.4 Å². The van der Waals surface area contributed by atoms with E-state index >= 15 is 0 Å². The van der Waals surface area contributed by atoms with Crippen molar-refractivity contribution in [1.29, 1.82) is 0 Å². The van der Waals surface area contributed by atoms with Crippen molar-refractivity contribution in [2.24, 2.45) is 0 Å². The molecule has 0 bridgehead atoms. The Balaban J connectivity index is 1.71. The van der Waals surface area contributed by atoms with E-state index in [1.807, 2.05) is 42.2 Å². The second-order valence-electron chi connectivity index (χ2n) is 6.62. The zero-order chi connectivity index (χ0) is 17.4. The first-order valence-corrected chi connectivity index (χ1v) is 8.53. The van der Waals surface area contributed by atoms with E-state index in [1.54, 1.807) is 12.1 Å². The molecule has 0 N–H and O–H groups in total. The molecule has 1 heterocycles. The first-order valence-electron chi connectivity index (χ1n) is 8.53. The van der Waals surface area contributed by atoms with Gasteiger partial charge < -0.3 is 4.90 Å². The molecule has 4 heteroatoms. The molecule has 25 heavy (non-hydrogen) atoms. The summed E-state index contributed by atoms with van der Waals surface area (Å²) < 4.78 is 13.1. The van der Waals surface area contributed by atoms with Crippen LogP contribution in [-0.4, -0.2) is 21.8 Å². The molecule has 1 aromatic heterocycles. The number of halogens is 1. The fourth-order valence-corrected chi connectivity index (χ4v) is 3.18. The normalized spacial score (nSPS) is 13.8. The zero-order valence-electron chi connectivity index (χ0n) is 14.1. The van der Waals surface area contributed by atoms with Gasteiger partial charge in [0, 0.05) is 23.7 Å². The predicted octanol–water partition coefficient (Wildman–Crippen LogP) is 4.49. The maximum absolute atomic E-state index is 13.3. The van der Waals surface area contributed by atoms with Crippen LogP contribution < -0.4 is 0 Å². The summed E-state index contributed by atoms with van der Waals surface area (Å²) in [5, 5.41) is 0.878. The lowest BCUT2D eigenvalue weighted by Gasteiger charge is -2.23. The molecule has 2 aromatic carbocycles. The molecule has 1 fully saturated rings. The summed E-state index contributed by atoms with van der Waals surface area (Å²) in [5.41, 5.74) is 3.30. The summed E-state index contributed by atoms with van der Waals surface area (Å²) in [7, 11) is 0. The van der Waals surface area contributed by atoms with Crippen LogP contribution in [-0.2, 0) is 6.54 Å². The number of rotatable bonds is 4. The summed E-state index contributed by atoms with van der Waals surface area (Å²) in [6, 6.07) is 16.2. The summed E-state index contributed by atoms with van der Waals surface area (Å²) in [6.45, 7) is 2.41. The monoisotopic (exact) mass is 334 g/mol. The molecule has 0 radical (unpaired) electrons. The van der Waals surface area contributed by atoms with Crippen LogP contribution in [0.4, 0.5) is 4.39 Å². The Kier molecular flexibility index (Phi) is 3.96. The number of amides is 1. The van der Waals surface area contributed by atoms with Crippen molar-refractivity contribution in [3.05, 3.63) is 77.2 Å². The van der Waals surface area contributed by atoms with Gasteiger partial charge in [-0.1, -0.05) is 30.3 Å². The minimum absolute atomic E-state index is 0.0218. The zero-order valence-corrected chi connectivity index (χ0v) is 14.1. The van der Waals surface area contributed by atoms with Gasteiger partial charge in [-0.15, -0.1) is 0 Å². The maximum atomic E-state index is 13.3. The number of fused-ring (bicyclic) bond motifs is 1. The lowest BCUT2D eigenvalue weighted by atomic mass is 10.1. The first kappa shape index (κ1) is 15.8. The first-order chi connectivity index (χ1) is 12.1. The van der Waals surface area contributed by atoms with E-state index < -0.39 is 0 Å². The molecule has 3 nitrogen and oxygen atoms in total. The number of nitrogens with zero attached hydrogens (tertiary/aromatic N) is 2. The van der Waals surface area contributed by atoms with Crippen LogP contribution in [0.15, 0.2) is 54.6 Å². The molecule has 0 saturated heterocycles. The molecule has 0 aliphatic heterocycles. The van der Waals surface area contributed by atoms with Crippen LogP contribution >= 0.6 is 0 Å². The number of hydrogen-bond acceptors (Lipinski definition) is 2. The summed E-state index contributed by atoms with van der Waals surface area (Å²) in [6.07, 6.45) is 2.05. The van der Waals surface area contributed by atoms with E-state index in [0.29, 0.717) is 12.1 Å². The average Bonchev–Trinajstić information content (AvgIpc) is 3.45. The molecular weight excluding hydrogens is 315 g/mol. The van der Waals surface area contributed by atoms with Crippen molar-refractivity contribution in [3.8, 4) is 0 Å². The molecule has 0 atom stereocenters. The van der Waals surface area contributed by atoms with E-state index in [1.165, 1.54) is 12.1 Å². The Labute approximate surface area is 146 Å². The van der Waals surface area contributed by atoms with Crippen molar-refractivity contribution in [3.63, 3.8) is 0 Å². The fraction of sp³-hybridized carbons (Fsp3) is 0.238. The Hall–Kier alpha value is -2.75. The van der Waals surface area contributed by atoms with Crippen LogP contribution in [0, 0.1) is 12.7 Å². The van der Waals surface area contributed by atoms with E-state index in [9.17, 15) is 9.18 Å². The summed E-state index contributed by atoms with van der Waals surface area (Å²) >= 11 is 0. The number of pyridine rings is 1. The molecular formula is C21H19FN2O. The van der Waals surface area contributed by atoms with Gasteiger partial charge in [-0.3, -0.25) is 9.78 Å². The standard InChI is InChI=1S/C21H19FN2O/c1-14-12-19(18-4-2-3-5-20(18)23-14)21(25)24(17-10-11-17)13-15-6-8-16(22)9-7-15/h2-9,12,17H,10-11,13H2,1H3. The lowest BCUT2D eigenvalue weighted by Crippen LogP contribution is -2.32. The minimum atomic E-state index is -0.260. The third-order valence-corrected chi connectivity index (χ3v) is 4.59. The highest BCUT2D eigenvalue weighted by molar-refractivity contribution is 6.06. The predicted molar refractivity (Wildman–Crippen MR) is 95.8 cm³/mol. The summed E-state index contributed by atoms with van der Waals surface area (Å²) in [5.74, 6) is -0.239. The average molecular weight is 334 g/mol. The number of hydrogen-bond donors (Lipinski definition) is 0. The Morgan fingerprint density at radius 1 is 1.16 bits per heavy atom. The smallest absolute Gasteiger partial charge is 0.255 e. The van der Waals surface area contributed by atoms with Crippen LogP contribution in [0.2, 0.25) is 0 Å². The lowest BCUT2D eigenvalue weighted by molar-refractivity contribution is 0.0731. The van der Waals surface area contributed by atoms with Gasteiger partial charge in [0.1, 0.15) is 5.82 Å². The van der Waals surface area contributed by atoms with Gasteiger partial charge in [-0.25, -0.2) is 4.39 Å². The maximum Gasteiger partial charge on any atom is 0.255 e. The van der Waals surface area contributed by atoms with Gasteiger partial charge in [0.2, 0.25) is 0 Å². The van der Waals surface area contributed by atoms with Gasteiger partial charge in [-0.05, 0) is 49.6 Å². The number of aryl methyl sites for hydroxylation is 1. The van der Waals surface area contributed by atoms with Crippen LogP contribution in [0.1, 0.15) is 34.5 Å². The number of aromatic nitrogens is 1. The topological polar surface area (TPSA) is 33.2 Å². The van der Waals surface area contributed by atoms with Crippen LogP contribution in [0.5, 0.6) is 0 Å². The van der Waals surface area contributed by atoms with Crippen LogP contribution in [0.25, 0.3) is 10.9 Å². The Morgan fingerprint density at radius 3 is 2.60 bits per heavy atom. The molecule has 4 rings (SSSR count). The van der Waals surface area contributed by atoms with Crippen molar-refractivity contribution < 1.29 is 9.18 Å². The second kappa shape index (κ2) is 6.28. The van der Waals surface area contributed by atoms with Crippen molar-refractivity contribution in [1.82, 2.24) is 9.88 Å². The number of carbonyl (C=O) groups is 1. The van der Waals surface area contributed by atoms with Gasteiger partial charge in [0.15, 0.2) is 0 Å². The molecule has 0 unspecified atom stereocenters. The molecule has 1 aliphatic rings. The highest BCUT2D eigenvalue weighted by Gasteiger charge is 2.33. The largest absolute Gasteiger partial charge is 0.331 e. The van der Waals surface area contributed by atoms with E-state index in [-0.39, 0.29) is 17.8 Å². The SMILES string of the molecule is Cc1cc(C(=O)N(Cc2ccc(F)cc2)C2CC2)c2ccccc2n1. The molecule has 3 aromatic rings. The number of carbonyl (C=O) groups excluding carboxylic acids is 1. The molecule has 1 amide bonds. The van der Waals surface area contributed by atoms with Gasteiger partial charge >= 0.3 is 0 Å².